The molecule has 2 aromatic carbocycles. The van der Waals surface area contributed by atoms with Crippen LogP contribution >= 0.6 is 34.2 Å². The molecule has 0 saturated carbocycles. The summed E-state index contributed by atoms with van der Waals surface area (Å²) >= 11 is 7.63. The largest absolute Gasteiger partial charge is 0.392 e. The van der Waals surface area contributed by atoms with E-state index in [4.69, 9.17) is 16.7 Å². The van der Waals surface area contributed by atoms with Crippen LogP contribution < -0.4 is 4.72 Å². The number of hydrogen-bond donors (Lipinski definition) is 2. The molecule has 0 radical (unpaired) electrons. The van der Waals surface area contributed by atoms with E-state index in [1.807, 2.05) is 22.6 Å². The van der Waals surface area contributed by atoms with Gasteiger partial charge in [-0.25, -0.2) is 12.8 Å². The summed E-state index contributed by atoms with van der Waals surface area (Å²) < 4.78 is 41.3. The van der Waals surface area contributed by atoms with Gasteiger partial charge in [-0.15, -0.1) is 0 Å². The van der Waals surface area contributed by atoms with Crippen LogP contribution in [0.4, 0.5) is 10.1 Å². The maximum Gasteiger partial charge on any atom is 0.262 e. The summed E-state index contributed by atoms with van der Waals surface area (Å²) in [6.45, 7) is -0.554. The molecule has 0 bridgehead atoms. The summed E-state index contributed by atoms with van der Waals surface area (Å²) in [5.41, 5.74) is 0.402. The van der Waals surface area contributed by atoms with Crippen molar-refractivity contribution in [2.75, 3.05) is 4.72 Å². The van der Waals surface area contributed by atoms with Crippen LogP contribution in [0.2, 0.25) is 5.02 Å². The van der Waals surface area contributed by atoms with Crippen molar-refractivity contribution in [3.63, 3.8) is 0 Å². The van der Waals surface area contributed by atoms with E-state index < -0.39 is 22.4 Å². The molecule has 8 heteroatoms. The van der Waals surface area contributed by atoms with E-state index >= 15 is 0 Å². The smallest absolute Gasteiger partial charge is 0.262 e. The molecule has 0 unspecified atom stereocenters. The van der Waals surface area contributed by atoms with Crippen molar-refractivity contribution >= 4 is 49.9 Å². The molecule has 2 aromatic rings. The number of halogens is 3. The van der Waals surface area contributed by atoms with Gasteiger partial charge in [0.1, 0.15) is 5.82 Å². The number of rotatable bonds is 4. The zero-order chi connectivity index (χ0) is 15.6. The van der Waals surface area contributed by atoms with Gasteiger partial charge >= 0.3 is 0 Å². The number of anilines is 1. The normalized spacial score (nSPS) is 11.4. The van der Waals surface area contributed by atoms with Gasteiger partial charge in [0.2, 0.25) is 0 Å². The van der Waals surface area contributed by atoms with Gasteiger partial charge in [0.05, 0.1) is 22.2 Å². The van der Waals surface area contributed by atoms with Gasteiger partial charge in [0.25, 0.3) is 10.0 Å². The van der Waals surface area contributed by atoms with Gasteiger partial charge in [0.15, 0.2) is 0 Å². The fourth-order valence-corrected chi connectivity index (χ4v) is 3.65. The second kappa shape index (κ2) is 6.47. The van der Waals surface area contributed by atoms with E-state index in [1.165, 1.54) is 0 Å². The van der Waals surface area contributed by atoms with E-state index in [0.717, 1.165) is 12.1 Å². The van der Waals surface area contributed by atoms with Crippen LogP contribution in [0.1, 0.15) is 5.56 Å². The lowest BCUT2D eigenvalue weighted by molar-refractivity contribution is 0.281. The Morgan fingerprint density at radius 2 is 1.95 bits per heavy atom. The van der Waals surface area contributed by atoms with Gasteiger partial charge in [0, 0.05) is 9.13 Å². The lowest BCUT2D eigenvalue weighted by Gasteiger charge is -2.11. The van der Waals surface area contributed by atoms with Gasteiger partial charge < -0.3 is 5.11 Å². The number of hydrogen-bond acceptors (Lipinski definition) is 3. The highest BCUT2D eigenvalue weighted by atomic mass is 127. The van der Waals surface area contributed by atoms with Crippen molar-refractivity contribution in [1.82, 2.24) is 0 Å². The minimum absolute atomic E-state index is 0.0137. The molecule has 0 amide bonds. The SMILES string of the molecule is O=S(=O)(Nc1ccccc1I)c1cc(F)c(Cl)c(CO)c1. The second-order valence-corrected chi connectivity index (χ2v) is 7.34. The van der Waals surface area contributed by atoms with Crippen LogP contribution in [0.3, 0.4) is 0 Å². The number of sulfonamides is 1. The Morgan fingerprint density at radius 3 is 2.57 bits per heavy atom. The second-order valence-electron chi connectivity index (χ2n) is 4.12. The third kappa shape index (κ3) is 3.65. The molecule has 0 aliphatic heterocycles. The molecular weight excluding hydrogens is 432 g/mol. The quantitative estimate of drug-likeness (QED) is 0.715. The molecule has 2 rings (SSSR count). The van der Waals surface area contributed by atoms with Crippen LogP contribution in [-0.2, 0) is 16.6 Å². The van der Waals surface area contributed by atoms with E-state index in [0.29, 0.717) is 9.26 Å². The van der Waals surface area contributed by atoms with E-state index in [1.54, 1.807) is 24.3 Å². The fraction of sp³-hybridized carbons (Fsp3) is 0.0769. The third-order valence-corrected chi connectivity index (χ3v) is 5.38. The van der Waals surface area contributed by atoms with E-state index in [9.17, 15) is 12.8 Å². The molecule has 0 atom stereocenters. The van der Waals surface area contributed by atoms with Crippen molar-refractivity contribution < 1.29 is 17.9 Å². The molecule has 4 nitrogen and oxygen atoms in total. The standard InChI is InChI=1S/C13H10ClFINO3S/c14-13-8(7-18)5-9(6-10(13)15)21(19,20)17-12-4-2-1-3-11(12)16/h1-6,17-18H,7H2. The first-order valence-corrected chi connectivity index (χ1v) is 8.65. The summed E-state index contributed by atoms with van der Waals surface area (Å²) in [5, 5.41) is 8.81. The molecule has 0 aliphatic carbocycles. The first-order valence-electron chi connectivity index (χ1n) is 5.71. The maximum atomic E-state index is 13.6. The highest BCUT2D eigenvalue weighted by Gasteiger charge is 2.19. The first-order chi connectivity index (χ1) is 9.85. The van der Waals surface area contributed by atoms with Crippen molar-refractivity contribution in [2.24, 2.45) is 0 Å². The van der Waals surface area contributed by atoms with Gasteiger partial charge in [-0.3, -0.25) is 4.72 Å². The Hall–Kier alpha value is -0.900. The molecule has 112 valence electrons. The van der Waals surface area contributed by atoms with Crippen molar-refractivity contribution in [1.29, 1.82) is 0 Å². The molecule has 0 aromatic heterocycles. The predicted octanol–water partition coefficient (Wildman–Crippen LogP) is 3.38. The van der Waals surface area contributed by atoms with Gasteiger partial charge in [-0.05, 0) is 46.9 Å². The van der Waals surface area contributed by atoms with Crippen molar-refractivity contribution in [3.8, 4) is 0 Å². The third-order valence-electron chi connectivity index (χ3n) is 2.68. The van der Waals surface area contributed by atoms with Crippen LogP contribution in [0.25, 0.3) is 0 Å². The molecule has 0 aliphatic rings. The van der Waals surface area contributed by atoms with Crippen LogP contribution in [0.15, 0.2) is 41.3 Å². The van der Waals surface area contributed by atoms with Crippen molar-refractivity contribution in [3.05, 3.63) is 56.4 Å². The topological polar surface area (TPSA) is 66.4 Å². The van der Waals surface area contributed by atoms with Crippen LogP contribution in [-0.4, -0.2) is 13.5 Å². The molecular formula is C13H10ClFINO3S. The molecule has 21 heavy (non-hydrogen) atoms. The molecule has 0 heterocycles. The summed E-state index contributed by atoms with van der Waals surface area (Å²) in [7, 11) is -3.97. The summed E-state index contributed by atoms with van der Waals surface area (Å²) in [5.74, 6) is -0.897. The Morgan fingerprint density at radius 1 is 1.29 bits per heavy atom. The number of nitrogens with one attached hydrogen (secondary N) is 1. The van der Waals surface area contributed by atoms with E-state index in [-0.39, 0.29) is 15.5 Å². The Bertz CT molecular complexity index is 783. The highest BCUT2D eigenvalue weighted by Crippen LogP contribution is 2.27. The zero-order valence-electron chi connectivity index (χ0n) is 10.5. The molecule has 0 spiro atoms. The monoisotopic (exact) mass is 441 g/mol. The fourth-order valence-electron chi connectivity index (χ4n) is 1.64. The Kier molecular flexibility index (Phi) is 5.07. The molecule has 0 fully saturated rings. The number of benzene rings is 2. The summed E-state index contributed by atoms with van der Waals surface area (Å²) in [4.78, 5) is -0.298. The Labute approximate surface area is 140 Å². The minimum Gasteiger partial charge on any atom is -0.392 e. The lowest BCUT2D eigenvalue weighted by Crippen LogP contribution is -2.14. The van der Waals surface area contributed by atoms with Crippen LogP contribution in [0.5, 0.6) is 0 Å². The van der Waals surface area contributed by atoms with Gasteiger partial charge in [-0.2, -0.15) is 0 Å². The summed E-state index contributed by atoms with van der Waals surface area (Å²) in [6, 6.07) is 8.74. The predicted molar refractivity (Wildman–Crippen MR) is 87.3 cm³/mol. The highest BCUT2D eigenvalue weighted by molar-refractivity contribution is 14.1. The van der Waals surface area contributed by atoms with Crippen molar-refractivity contribution in [2.45, 2.75) is 11.5 Å². The Balaban J connectivity index is 2.45. The zero-order valence-corrected chi connectivity index (χ0v) is 14.2. The average molecular weight is 442 g/mol. The molecule has 2 N–H and O–H groups in total. The number of aliphatic hydroxyl groups excluding tert-OH is 1. The summed E-state index contributed by atoms with van der Waals surface area (Å²) in [6.07, 6.45) is 0. The van der Waals surface area contributed by atoms with E-state index in [2.05, 4.69) is 4.72 Å². The van der Waals surface area contributed by atoms with Crippen LogP contribution in [0, 0.1) is 9.39 Å². The number of para-hydroxylation sites is 1. The first kappa shape index (κ1) is 16.5. The number of aliphatic hydroxyl groups is 1. The molecule has 0 saturated heterocycles. The maximum absolute atomic E-state index is 13.6. The van der Waals surface area contributed by atoms with Gasteiger partial charge in [-0.1, -0.05) is 23.7 Å². The lowest BCUT2D eigenvalue weighted by atomic mass is 10.2. The minimum atomic E-state index is -3.97. The average Bonchev–Trinajstić information content (AvgIpc) is 2.44.